The topological polar surface area (TPSA) is 29.3 Å². The lowest BCUT2D eigenvalue weighted by Crippen LogP contribution is -2.42. The van der Waals surface area contributed by atoms with Crippen LogP contribution in [0.5, 0.6) is 0 Å². The lowest BCUT2D eigenvalue weighted by Gasteiger charge is -2.30. The molecule has 1 saturated heterocycles. The molecule has 2 nitrogen and oxygen atoms in total. The van der Waals surface area contributed by atoms with Crippen molar-refractivity contribution in [1.29, 1.82) is 0 Å². The first-order valence-corrected chi connectivity index (χ1v) is 8.01. The third-order valence-electron chi connectivity index (χ3n) is 5.58. The average molecular weight is 252 g/mol. The highest BCUT2D eigenvalue weighted by Crippen LogP contribution is 2.40. The molecule has 0 amide bonds. The Morgan fingerprint density at radius 3 is 2.56 bits per heavy atom. The zero-order chi connectivity index (χ0) is 13.2. The van der Waals surface area contributed by atoms with Crippen molar-refractivity contribution in [3.8, 4) is 0 Å². The highest BCUT2D eigenvalue weighted by Gasteiger charge is 2.39. The fraction of sp³-hybridized carbons (Fsp3) is 1.00. The molecular formula is C16H32N2. The molecule has 0 bridgehead atoms. The van der Waals surface area contributed by atoms with Gasteiger partial charge in [-0.15, -0.1) is 0 Å². The quantitative estimate of drug-likeness (QED) is 0.835. The Balaban J connectivity index is 1.83. The molecule has 1 aliphatic carbocycles. The Morgan fingerprint density at radius 1 is 1.17 bits per heavy atom. The largest absolute Gasteiger partial charge is 0.327 e. The third-order valence-corrected chi connectivity index (χ3v) is 5.58. The van der Waals surface area contributed by atoms with Gasteiger partial charge in [0.1, 0.15) is 0 Å². The first-order chi connectivity index (χ1) is 8.53. The van der Waals surface area contributed by atoms with E-state index < -0.39 is 0 Å². The van der Waals surface area contributed by atoms with Crippen LogP contribution in [0.25, 0.3) is 0 Å². The van der Waals surface area contributed by atoms with Gasteiger partial charge in [-0.2, -0.15) is 0 Å². The molecule has 2 rings (SSSR count). The van der Waals surface area contributed by atoms with Crippen LogP contribution in [-0.4, -0.2) is 30.6 Å². The molecule has 2 N–H and O–H groups in total. The molecule has 0 aromatic rings. The highest BCUT2D eigenvalue weighted by atomic mass is 15.1. The Hall–Kier alpha value is -0.0800. The van der Waals surface area contributed by atoms with Crippen molar-refractivity contribution in [2.45, 2.75) is 65.3 Å². The SMILES string of the molecule is CCC1CCCN(CC2CCC(C)(C)C2N)CC1. The molecule has 0 radical (unpaired) electrons. The van der Waals surface area contributed by atoms with Gasteiger partial charge in [0, 0.05) is 12.6 Å². The molecule has 106 valence electrons. The lowest BCUT2D eigenvalue weighted by molar-refractivity contribution is 0.208. The van der Waals surface area contributed by atoms with Crippen LogP contribution in [0.15, 0.2) is 0 Å². The van der Waals surface area contributed by atoms with E-state index in [0.29, 0.717) is 11.5 Å². The Kier molecular flexibility index (Phi) is 4.71. The van der Waals surface area contributed by atoms with Crippen LogP contribution in [0.3, 0.4) is 0 Å². The summed E-state index contributed by atoms with van der Waals surface area (Å²) < 4.78 is 0. The van der Waals surface area contributed by atoms with Gasteiger partial charge in [0.05, 0.1) is 0 Å². The number of hydrogen-bond acceptors (Lipinski definition) is 2. The first-order valence-electron chi connectivity index (χ1n) is 8.01. The van der Waals surface area contributed by atoms with E-state index in [0.717, 1.165) is 11.8 Å². The van der Waals surface area contributed by atoms with E-state index in [4.69, 9.17) is 5.73 Å². The minimum Gasteiger partial charge on any atom is -0.327 e. The van der Waals surface area contributed by atoms with Gasteiger partial charge in [-0.1, -0.05) is 27.2 Å². The summed E-state index contributed by atoms with van der Waals surface area (Å²) in [7, 11) is 0. The normalized spacial score (nSPS) is 37.7. The van der Waals surface area contributed by atoms with Gasteiger partial charge in [0.15, 0.2) is 0 Å². The molecule has 1 heterocycles. The second kappa shape index (κ2) is 5.92. The van der Waals surface area contributed by atoms with Gasteiger partial charge in [0.25, 0.3) is 0 Å². The average Bonchev–Trinajstić information content (AvgIpc) is 2.56. The first kappa shape index (κ1) is 14.3. The monoisotopic (exact) mass is 252 g/mol. The molecule has 18 heavy (non-hydrogen) atoms. The molecule has 2 fully saturated rings. The van der Waals surface area contributed by atoms with Gasteiger partial charge in [0.2, 0.25) is 0 Å². The maximum atomic E-state index is 6.44. The molecule has 3 atom stereocenters. The maximum Gasteiger partial charge on any atom is 0.0131 e. The standard InChI is InChI=1S/C16H32N2/c1-4-13-6-5-10-18(11-8-13)12-14-7-9-16(2,3)15(14)17/h13-15H,4-12,17H2,1-3H3. The number of rotatable bonds is 3. The second-order valence-corrected chi connectivity index (χ2v) is 7.32. The molecule has 2 aliphatic rings. The van der Waals surface area contributed by atoms with Gasteiger partial charge in [-0.25, -0.2) is 0 Å². The fourth-order valence-electron chi connectivity index (χ4n) is 3.89. The summed E-state index contributed by atoms with van der Waals surface area (Å²) in [6.45, 7) is 10.9. The second-order valence-electron chi connectivity index (χ2n) is 7.32. The highest BCUT2D eigenvalue weighted by molar-refractivity contribution is 4.95. The molecule has 1 saturated carbocycles. The molecule has 3 unspecified atom stereocenters. The van der Waals surface area contributed by atoms with Crippen LogP contribution in [0.4, 0.5) is 0 Å². The summed E-state index contributed by atoms with van der Waals surface area (Å²) in [4.78, 5) is 2.70. The van der Waals surface area contributed by atoms with E-state index in [9.17, 15) is 0 Å². The van der Waals surface area contributed by atoms with E-state index in [-0.39, 0.29) is 0 Å². The van der Waals surface area contributed by atoms with Gasteiger partial charge in [-0.05, 0) is 62.4 Å². The van der Waals surface area contributed by atoms with E-state index in [2.05, 4.69) is 25.7 Å². The van der Waals surface area contributed by atoms with Crippen molar-refractivity contribution in [1.82, 2.24) is 4.90 Å². The summed E-state index contributed by atoms with van der Waals surface area (Å²) in [5, 5.41) is 0. The Morgan fingerprint density at radius 2 is 1.94 bits per heavy atom. The molecular weight excluding hydrogens is 220 g/mol. The predicted molar refractivity (Wildman–Crippen MR) is 78.6 cm³/mol. The third kappa shape index (κ3) is 3.27. The summed E-state index contributed by atoms with van der Waals surface area (Å²) in [5.74, 6) is 1.71. The van der Waals surface area contributed by atoms with Crippen molar-refractivity contribution in [3.05, 3.63) is 0 Å². The minimum absolute atomic E-state index is 0.364. The fourth-order valence-corrected chi connectivity index (χ4v) is 3.89. The van der Waals surface area contributed by atoms with Gasteiger partial charge >= 0.3 is 0 Å². The number of likely N-dealkylation sites (tertiary alicyclic amines) is 1. The predicted octanol–water partition coefficient (Wildman–Crippen LogP) is 3.26. The number of nitrogens with two attached hydrogens (primary N) is 1. The molecule has 0 aromatic carbocycles. The summed E-state index contributed by atoms with van der Waals surface area (Å²) in [6.07, 6.45) is 8.25. The molecule has 0 spiro atoms. The zero-order valence-corrected chi connectivity index (χ0v) is 12.6. The van der Waals surface area contributed by atoms with Crippen LogP contribution in [0.1, 0.15) is 59.3 Å². The Bertz CT molecular complexity index is 262. The van der Waals surface area contributed by atoms with E-state index in [1.807, 2.05) is 0 Å². The summed E-state index contributed by atoms with van der Waals surface area (Å²) in [5.41, 5.74) is 6.80. The van der Waals surface area contributed by atoms with Gasteiger partial charge < -0.3 is 10.6 Å². The number of hydrogen-bond donors (Lipinski definition) is 1. The lowest BCUT2D eigenvalue weighted by atomic mass is 9.85. The molecule has 1 aliphatic heterocycles. The van der Waals surface area contributed by atoms with Crippen molar-refractivity contribution in [3.63, 3.8) is 0 Å². The van der Waals surface area contributed by atoms with Gasteiger partial charge in [-0.3, -0.25) is 0 Å². The van der Waals surface area contributed by atoms with Crippen molar-refractivity contribution in [2.24, 2.45) is 23.0 Å². The van der Waals surface area contributed by atoms with Crippen LogP contribution in [-0.2, 0) is 0 Å². The van der Waals surface area contributed by atoms with Crippen molar-refractivity contribution >= 4 is 0 Å². The molecule has 2 heteroatoms. The maximum absolute atomic E-state index is 6.44. The van der Waals surface area contributed by atoms with E-state index in [1.54, 1.807) is 0 Å². The Labute approximate surface area is 113 Å². The summed E-state index contributed by atoms with van der Waals surface area (Å²) >= 11 is 0. The van der Waals surface area contributed by atoms with Crippen molar-refractivity contribution < 1.29 is 0 Å². The van der Waals surface area contributed by atoms with Crippen LogP contribution in [0, 0.1) is 17.3 Å². The van der Waals surface area contributed by atoms with E-state index >= 15 is 0 Å². The van der Waals surface area contributed by atoms with Crippen LogP contribution in [0.2, 0.25) is 0 Å². The van der Waals surface area contributed by atoms with Crippen molar-refractivity contribution in [2.75, 3.05) is 19.6 Å². The van der Waals surface area contributed by atoms with Crippen LogP contribution >= 0.6 is 0 Å². The number of nitrogens with zero attached hydrogens (tertiary/aromatic N) is 1. The molecule has 0 aromatic heterocycles. The van der Waals surface area contributed by atoms with Crippen LogP contribution < -0.4 is 5.73 Å². The summed E-state index contributed by atoms with van der Waals surface area (Å²) in [6, 6.07) is 0.405. The smallest absolute Gasteiger partial charge is 0.0131 e. The minimum atomic E-state index is 0.364. The van der Waals surface area contributed by atoms with E-state index in [1.165, 1.54) is 58.2 Å². The zero-order valence-electron chi connectivity index (χ0n) is 12.6.